The van der Waals surface area contributed by atoms with Gasteiger partial charge in [-0.05, 0) is 24.6 Å². The Morgan fingerprint density at radius 1 is 1.24 bits per heavy atom. The van der Waals surface area contributed by atoms with Gasteiger partial charge in [-0.1, -0.05) is 35.9 Å². The minimum Gasteiger partial charge on any atom is -0.493 e. The van der Waals surface area contributed by atoms with Crippen LogP contribution >= 0.6 is 11.8 Å². The van der Waals surface area contributed by atoms with Gasteiger partial charge >= 0.3 is 0 Å². The number of hydrazine groups is 1. The third-order valence-electron chi connectivity index (χ3n) is 3.76. The van der Waals surface area contributed by atoms with E-state index in [-0.39, 0.29) is 6.04 Å². The predicted molar refractivity (Wildman–Crippen MR) is 87.6 cm³/mol. The van der Waals surface area contributed by atoms with Crippen molar-refractivity contribution in [2.75, 3.05) is 12.4 Å². The molecule has 1 aliphatic rings. The number of nitrogens with one attached hydrogen (secondary N) is 1. The maximum Gasteiger partial charge on any atom is 0.127 e. The average molecular weight is 300 g/mol. The Morgan fingerprint density at radius 2 is 2.05 bits per heavy atom. The number of rotatable bonds is 5. The molecular formula is C17H20N2OS. The highest BCUT2D eigenvalue weighted by molar-refractivity contribution is 7.99. The van der Waals surface area contributed by atoms with Crippen LogP contribution in [0.5, 0.6) is 5.75 Å². The lowest BCUT2D eigenvalue weighted by Gasteiger charge is -2.18. The zero-order valence-electron chi connectivity index (χ0n) is 12.1. The first-order valence-electron chi connectivity index (χ1n) is 7.18. The molecule has 0 bridgehead atoms. The second-order valence-electron chi connectivity index (χ2n) is 5.28. The first kappa shape index (κ1) is 14.4. The van der Waals surface area contributed by atoms with E-state index in [1.807, 2.05) is 0 Å². The van der Waals surface area contributed by atoms with Gasteiger partial charge in [-0.3, -0.25) is 11.3 Å². The van der Waals surface area contributed by atoms with Gasteiger partial charge in [0.1, 0.15) is 5.75 Å². The van der Waals surface area contributed by atoms with Gasteiger partial charge in [-0.2, -0.15) is 0 Å². The number of benzene rings is 2. The molecule has 0 aromatic heterocycles. The van der Waals surface area contributed by atoms with E-state index in [0.717, 1.165) is 30.1 Å². The number of aryl methyl sites for hydroxylation is 1. The summed E-state index contributed by atoms with van der Waals surface area (Å²) < 4.78 is 5.78. The van der Waals surface area contributed by atoms with Crippen LogP contribution in [-0.4, -0.2) is 12.4 Å². The van der Waals surface area contributed by atoms with Gasteiger partial charge in [0.15, 0.2) is 0 Å². The molecule has 1 heterocycles. The van der Waals surface area contributed by atoms with Gasteiger partial charge in [-0.15, -0.1) is 11.8 Å². The van der Waals surface area contributed by atoms with E-state index in [2.05, 4.69) is 54.8 Å². The maximum atomic E-state index is 5.78. The molecule has 0 fully saturated rings. The number of fused-ring (bicyclic) bond motifs is 1. The molecule has 0 spiro atoms. The quantitative estimate of drug-likeness (QED) is 0.505. The first-order chi connectivity index (χ1) is 10.3. The van der Waals surface area contributed by atoms with Gasteiger partial charge in [0.05, 0.1) is 12.6 Å². The summed E-state index contributed by atoms with van der Waals surface area (Å²) in [5, 5.41) is 0. The van der Waals surface area contributed by atoms with Crippen LogP contribution in [0.1, 0.15) is 22.7 Å². The fourth-order valence-corrected chi connectivity index (χ4v) is 3.52. The highest BCUT2D eigenvalue weighted by atomic mass is 32.2. The maximum absolute atomic E-state index is 5.78. The normalized spacial score (nSPS) is 14.6. The Morgan fingerprint density at radius 3 is 2.81 bits per heavy atom. The molecule has 3 nitrogen and oxygen atoms in total. The Kier molecular flexibility index (Phi) is 4.48. The van der Waals surface area contributed by atoms with Crippen LogP contribution in [0.25, 0.3) is 0 Å². The molecule has 0 saturated carbocycles. The van der Waals surface area contributed by atoms with Crippen LogP contribution in [0.2, 0.25) is 0 Å². The Labute approximate surface area is 129 Å². The lowest BCUT2D eigenvalue weighted by molar-refractivity contribution is 0.350. The predicted octanol–water partition coefficient (Wildman–Crippen LogP) is 3.23. The van der Waals surface area contributed by atoms with E-state index in [0.29, 0.717) is 0 Å². The molecule has 0 amide bonds. The summed E-state index contributed by atoms with van der Waals surface area (Å²) in [5.41, 5.74) is 6.65. The zero-order valence-corrected chi connectivity index (χ0v) is 13.0. The van der Waals surface area contributed by atoms with Crippen molar-refractivity contribution in [1.82, 2.24) is 5.43 Å². The third kappa shape index (κ3) is 3.23. The van der Waals surface area contributed by atoms with Crippen LogP contribution in [0, 0.1) is 6.92 Å². The standard InChI is InChI=1S/C17H20N2OS/c1-12-5-7-14(8-6-12)21-11-16(19-18)15-4-2-3-13-9-10-20-17(13)15/h2-8,16,19H,9-11,18H2,1H3. The largest absolute Gasteiger partial charge is 0.493 e. The number of para-hydroxylation sites is 1. The highest BCUT2D eigenvalue weighted by Crippen LogP contribution is 2.35. The van der Waals surface area contributed by atoms with Crippen LogP contribution in [0.3, 0.4) is 0 Å². The minimum absolute atomic E-state index is 0.0874. The molecule has 3 rings (SSSR count). The van der Waals surface area contributed by atoms with E-state index < -0.39 is 0 Å². The van der Waals surface area contributed by atoms with E-state index in [1.54, 1.807) is 11.8 Å². The molecule has 1 aliphatic heterocycles. The van der Waals surface area contributed by atoms with E-state index in [4.69, 9.17) is 10.6 Å². The SMILES string of the molecule is Cc1ccc(SCC(NN)c2cccc3c2OCC3)cc1. The van der Waals surface area contributed by atoms with Crippen LogP contribution in [-0.2, 0) is 6.42 Å². The molecule has 2 aromatic carbocycles. The van der Waals surface area contributed by atoms with Crippen molar-refractivity contribution in [3.8, 4) is 5.75 Å². The molecule has 0 radical (unpaired) electrons. The average Bonchev–Trinajstić information content (AvgIpc) is 2.99. The summed E-state index contributed by atoms with van der Waals surface area (Å²) in [7, 11) is 0. The topological polar surface area (TPSA) is 47.3 Å². The molecule has 0 aliphatic carbocycles. The highest BCUT2D eigenvalue weighted by Gasteiger charge is 2.21. The molecular weight excluding hydrogens is 280 g/mol. The van der Waals surface area contributed by atoms with Crippen molar-refractivity contribution in [3.63, 3.8) is 0 Å². The Bertz CT molecular complexity index is 613. The van der Waals surface area contributed by atoms with Gasteiger partial charge in [-0.25, -0.2) is 0 Å². The molecule has 0 saturated heterocycles. The zero-order chi connectivity index (χ0) is 14.7. The van der Waals surface area contributed by atoms with Gasteiger partial charge in [0.2, 0.25) is 0 Å². The number of thioether (sulfide) groups is 1. The van der Waals surface area contributed by atoms with E-state index in [1.165, 1.54) is 16.0 Å². The van der Waals surface area contributed by atoms with Crippen molar-refractivity contribution in [2.24, 2.45) is 5.84 Å². The van der Waals surface area contributed by atoms with Crippen molar-refractivity contribution < 1.29 is 4.74 Å². The number of nitrogens with two attached hydrogens (primary N) is 1. The van der Waals surface area contributed by atoms with E-state index in [9.17, 15) is 0 Å². The van der Waals surface area contributed by atoms with Crippen molar-refractivity contribution in [1.29, 1.82) is 0 Å². The third-order valence-corrected chi connectivity index (χ3v) is 4.86. The van der Waals surface area contributed by atoms with Gasteiger partial charge in [0, 0.05) is 22.6 Å². The van der Waals surface area contributed by atoms with Crippen molar-refractivity contribution >= 4 is 11.8 Å². The molecule has 2 aromatic rings. The molecule has 1 unspecified atom stereocenters. The number of ether oxygens (including phenoxy) is 1. The summed E-state index contributed by atoms with van der Waals surface area (Å²) >= 11 is 1.80. The molecule has 3 N–H and O–H groups in total. The smallest absolute Gasteiger partial charge is 0.127 e. The summed E-state index contributed by atoms with van der Waals surface area (Å²) in [4.78, 5) is 1.26. The van der Waals surface area contributed by atoms with Crippen LogP contribution in [0.4, 0.5) is 0 Å². The summed E-state index contributed by atoms with van der Waals surface area (Å²) in [5.74, 6) is 7.66. The summed E-state index contributed by atoms with van der Waals surface area (Å²) in [6.45, 7) is 2.87. The summed E-state index contributed by atoms with van der Waals surface area (Å²) in [6, 6.07) is 15.0. The van der Waals surface area contributed by atoms with E-state index >= 15 is 0 Å². The minimum atomic E-state index is 0.0874. The monoisotopic (exact) mass is 300 g/mol. The second kappa shape index (κ2) is 6.52. The molecule has 21 heavy (non-hydrogen) atoms. The Hall–Kier alpha value is -1.49. The van der Waals surface area contributed by atoms with Gasteiger partial charge < -0.3 is 4.74 Å². The molecule has 4 heteroatoms. The van der Waals surface area contributed by atoms with Crippen LogP contribution < -0.4 is 16.0 Å². The number of hydrogen-bond donors (Lipinski definition) is 2. The van der Waals surface area contributed by atoms with Crippen molar-refractivity contribution in [2.45, 2.75) is 24.3 Å². The lowest BCUT2D eigenvalue weighted by Crippen LogP contribution is -2.30. The van der Waals surface area contributed by atoms with Crippen molar-refractivity contribution in [3.05, 3.63) is 59.2 Å². The van der Waals surface area contributed by atoms with Gasteiger partial charge in [0.25, 0.3) is 0 Å². The molecule has 110 valence electrons. The van der Waals surface area contributed by atoms with Crippen LogP contribution in [0.15, 0.2) is 47.4 Å². The Balaban J connectivity index is 1.74. The fraction of sp³-hybridized carbons (Fsp3) is 0.294. The summed E-state index contributed by atoms with van der Waals surface area (Å²) in [6.07, 6.45) is 0.992. The number of hydrogen-bond acceptors (Lipinski definition) is 4. The molecule has 1 atom stereocenters. The second-order valence-corrected chi connectivity index (χ2v) is 6.37. The fourth-order valence-electron chi connectivity index (χ4n) is 2.56. The lowest BCUT2D eigenvalue weighted by atomic mass is 10.0. The first-order valence-corrected chi connectivity index (χ1v) is 8.16.